The standard InChI is InChI=1S/C113H210O3/c1-11-21-31-41-51-61-71-81-91-101-103(93-83-73-63-53-43-33-23-13-3)107(97-87-77-67-57-47-37-27-17-7)111(108(98-88-78-68-58-48-38-28-18-8)104(101)94-84-74-64-54-44-34-24-14-4)115-113(114)116-112-109(99-89-79-69-59-49-39-29-19-9)105(95-85-75-65-55-45-35-25-15-5)102(92-82-72-62-52-42-32-22-12-2)106(96-86-76-66-56-46-36-26-16-6)110(112)100-90-80-70-60-50-40-30-20-10/h11-100H2,1-10H3. The summed E-state index contributed by atoms with van der Waals surface area (Å²) in [5.41, 5.74) is 15.8. The van der Waals surface area contributed by atoms with Gasteiger partial charge in [0.05, 0.1) is 0 Å². The molecular weight excluding hydrogens is 1410 g/mol. The summed E-state index contributed by atoms with van der Waals surface area (Å²) in [6.07, 6.45) is 117. The zero-order chi connectivity index (χ0) is 83.6. The van der Waals surface area contributed by atoms with Crippen LogP contribution in [0.3, 0.4) is 0 Å². The highest BCUT2D eigenvalue weighted by Crippen LogP contribution is 2.44. The van der Waals surface area contributed by atoms with Gasteiger partial charge in [-0.25, -0.2) is 4.79 Å². The van der Waals surface area contributed by atoms with Crippen molar-refractivity contribution in [3.05, 3.63) is 55.6 Å². The van der Waals surface area contributed by atoms with Gasteiger partial charge in [0.1, 0.15) is 11.5 Å². The van der Waals surface area contributed by atoms with Crippen LogP contribution in [0.4, 0.5) is 4.79 Å². The molecular formula is C113H210O3. The molecule has 3 nitrogen and oxygen atoms in total. The second-order valence-corrected chi connectivity index (χ2v) is 38.1. The van der Waals surface area contributed by atoms with E-state index >= 15 is 4.79 Å². The maximum absolute atomic E-state index is 16.9. The van der Waals surface area contributed by atoms with E-state index in [0.29, 0.717) is 0 Å². The average Bonchev–Trinajstić information content (AvgIpc) is 0.764. The molecule has 0 unspecified atom stereocenters. The van der Waals surface area contributed by atoms with Gasteiger partial charge < -0.3 is 9.47 Å². The van der Waals surface area contributed by atoms with E-state index < -0.39 is 6.16 Å². The van der Waals surface area contributed by atoms with Crippen molar-refractivity contribution >= 4 is 6.16 Å². The van der Waals surface area contributed by atoms with Crippen molar-refractivity contribution in [1.29, 1.82) is 0 Å². The van der Waals surface area contributed by atoms with Crippen LogP contribution in [0.2, 0.25) is 0 Å². The molecule has 0 atom stereocenters. The van der Waals surface area contributed by atoms with Gasteiger partial charge in [0.15, 0.2) is 0 Å². The van der Waals surface area contributed by atoms with E-state index in [4.69, 9.17) is 9.47 Å². The Morgan fingerprint density at radius 1 is 0.129 bits per heavy atom. The molecule has 2 rings (SSSR count). The molecule has 0 aliphatic carbocycles. The van der Waals surface area contributed by atoms with Gasteiger partial charge in [-0.15, -0.1) is 0 Å². The monoisotopic (exact) mass is 1620 g/mol. The minimum absolute atomic E-state index is 0.396. The van der Waals surface area contributed by atoms with Gasteiger partial charge in [0, 0.05) is 0 Å². The Morgan fingerprint density at radius 2 is 0.216 bits per heavy atom. The predicted octanol–water partition coefficient (Wildman–Crippen LogP) is 40.1. The van der Waals surface area contributed by atoms with Crippen molar-refractivity contribution in [1.82, 2.24) is 0 Å². The summed E-state index contributed by atoms with van der Waals surface area (Å²) in [4.78, 5) is 16.9. The molecule has 0 spiro atoms. The summed E-state index contributed by atoms with van der Waals surface area (Å²) >= 11 is 0. The molecule has 0 bridgehead atoms. The van der Waals surface area contributed by atoms with Crippen LogP contribution in [-0.2, 0) is 64.2 Å². The molecule has 2 aromatic carbocycles. The second-order valence-electron chi connectivity index (χ2n) is 38.1. The van der Waals surface area contributed by atoms with Gasteiger partial charge in [-0.3, -0.25) is 0 Å². The number of hydrogen-bond donors (Lipinski definition) is 0. The lowest BCUT2D eigenvalue weighted by Crippen LogP contribution is -2.22. The van der Waals surface area contributed by atoms with Gasteiger partial charge in [-0.2, -0.15) is 0 Å². The molecule has 2 aromatic rings. The third kappa shape index (κ3) is 58.0. The predicted molar refractivity (Wildman–Crippen MR) is 523 cm³/mol. The van der Waals surface area contributed by atoms with E-state index in [1.165, 1.54) is 549 Å². The smallest absolute Gasteiger partial charge is 0.394 e. The highest BCUT2D eigenvalue weighted by Gasteiger charge is 2.30. The van der Waals surface area contributed by atoms with Crippen molar-refractivity contribution in [2.75, 3.05) is 0 Å². The maximum atomic E-state index is 16.9. The van der Waals surface area contributed by atoms with Gasteiger partial charge >= 0.3 is 6.16 Å². The van der Waals surface area contributed by atoms with Crippen molar-refractivity contribution in [2.45, 2.75) is 647 Å². The highest BCUT2D eigenvalue weighted by atomic mass is 16.7. The first-order valence-electron chi connectivity index (χ1n) is 54.6. The first kappa shape index (κ1) is 110. The van der Waals surface area contributed by atoms with Crippen LogP contribution >= 0.6 is 0 Å². The summed E-state index contributed by atoms with van der Waals surface area (Å²) < 4.78 is 15.6. The Balaban J connectivity index is 3.45. The topological polar surface area (TPSA) is 35.5 Å². The van der Waals surface area contributed by atoms with E-state index in [2.05, 4.69) is 69.2 Å². The van der Waals surface area contributed by atoms with Crippen molar-refractivity contribution in [2.24, 2.45) is 0 Å². The van der Waals surface area contributed by atoms with Gasteiger partial charge in [0.2, 0.25) is 0 Å². The lowest BCUT2D eigenvalue weighted by Gasteiger charge is -2.29. The molecule has 0 aliphatic rings. The molecule has 0 radical (unpaired) electrons. The normalized spacial score (nSPS) is 11.7. The molecule has 0 saturated carbocycles. The number of rotatable bonds is 92. The number of benzene rings is 2. The Kier molecular flexibility index (Phi) is 80.3. The number of ether oxygens (including phenoxy) is 2. The van der Waals surface area contributed by atoms with E-state index in [1.807, 2.05) is 0 Å². The first-order valence-corrected chi connectivity index (χ1v) is 54.6. The Bertz CT molecular complexity index is 2120. The zero-order valence-corrected chi connectivity index (χ0v) is 81.4. The molecule has 0 aromatic heterocycles. The first-order chi connectivity index (χ1) is 57.4. The molecule has 0 heterocycles. The van der Waals surface area contributed by atoms with Crippen LogP contribution in [-0.4, -0.2) is 6.16 Å². The van der Waals surface area contributed by atoms with E-state index in [1.54, 1.807) is 33.4 Å². The second kappa shape index (κ2) is 84.9. The highest BCUT2D eigenvalue weighted by molar-refractivity contribution is 5.72. The van der Waals surface area contributed by atoms with Crippen LogP contribution in [0.15, 0.2) is 0 Å². The largest absolute Gasteiger partial charge is 0.519 e. The van der Waals surface area contributed by atoms with E-state index in [-0.39, 0.29) is 0 Å². The molecule has 680 valence electrons. The fourth-order valence-electron chi connectivity index (χ4n) is 19.7. The van der Waals surface area contributed by atoms with Crippen LogP contribution < -0.4 is 9.47 Å². The van der Waals surface area contributed by atoms with Crippen molar-refractivity contribution < 1.29 is 14.3 Å². The average molecular weight is 1620 g/mol. The summed E-state index contributed by atoms with van der Waals surface area (Å²) in [6.45, 7) is 23.6. The summed E-state index contributed by atoms with van der Waals surface area (Å²) in [6, 6.07) is 0. The zero-order valence-electron chi connectivity index (χ0n) is 81.4. The Morgan fingerprint density at radius 3 is 0.328 bits per heavy atom. The van der Waals surface area contributed by atoms with Crippen molar-refractivity contribution in [3.63, 3.8) is 0 Å². The third-order valence-corrected chi connectivity index (χ3v) is 27.2. The molecule has 0 aliphatic heterocycles. The van der Waals surface area contributed by atoms with Crippen LogP contribution in [0, 0.1) is 0 Å². The Hall–Kier alpha value is -2.29. The third-order valence-electron chi connectivity index (χ3n) is 27.2. The summed E-state index contributed by atoms with van der Waals surface area (Å²) in [5, 5.41) is 0. The van der Waals surface area contributed by atoms with E-state index in [9.17, 15) is 0 Å². The molecule has 116 heavy (non-hydrogen) atoms. The SMILES string of the molecule is CCCCCCCCCCc1c(CCCCCCCCCC)c(CCCCCCCCCC)c(OC(=O)Oc2c(CCCCCCCCCC)c(CCCCCCCCCC)c(CCCCCCCCCC)c(CCCCCCCCCC)c2CCCCCCCCCC)c(CCCCCCCCCC)c1CCCCCCCCCC. The minimum Gasteiger partial charge on any atom is -0.394 e. The fourth-order valence-corrected chi connectivity index (χ4v) is 19.7. The number of carbonyl (C=O) groups is 1. The minimum atomic E-state index is -0.396. The van der Waals surface area contributed by atoms with Crippen LogP contribution in [0.1, 0.15) is 639 Å². The van der Waals surface area contributed by atoms with Gasteiger partial charge in [-0.1, -0.05) is 519 Å². The number of carbonyl (C=O) groups excluding carboxylic acids is 1. The number of unbranched alkanes of at least 4 members (excludes halogenated alkanes) is 70. The summed E-state index contributed by atoms with van der Waals surface area (Å²) in [7, 11) is 0. The quantitative estimate of drug-likeness (QED) is 0.0376. The molecule has 3 heteroatoms. The van der Waals surface area contributed by atoms with Crippen LogP contribution in [0.5, 0.6) is 11.5 Å². The van der Waals surface area contributed by atoms with Gasteiger partial charge in [0.25, 0.3) is 0 Å². The lowest BCUT2D eigenvalue weighted by atomic mass is 9.80. The van der Waals surface area contributed by atoms with Crippen LogP contribution in [0.25, 0.3) is 0 Å². The maximum Gasteiger partial charge on any atom is 0.519 e. The number of hydrogen-bond acceptors (Lipinski definition) is 3. The Labute approximate surface area is 730 Å². The lowest BCUT2D eigenvalue weighted by molar-refractivity contribution is 0.149. The van der Waals surface area contributed by atoms with Gasteiger partial charge in [-0.05, 0) is 184 Å². The summed E-state index contributed by atoms with van der Waals surface area (Å²) in [5.74, 6) is 2.01. The molecule has 0 N–H and O–H groups in total. The molecule has 0 amide bonds. The molecule has 0 saturated heterocycles. The van der Waals surface area contributed by atoms with E-state index in [0.717, 1.165) is 62.9 Å². The fraction of sp³-hybridized carbons (Fsp3) is 0.885. The molecule has 0 fully saturated rings. The van der Waals surface area contributed by atoms with Crippen molar-refractivity contribution in [3.8, 4) is 11.5 Å².